The molecular formula is C10H12N2S2. The van der Waals surface area contributed by atoms with Crippen molar-refractivity contribution >= 4 is 23.5 Å². The molecule has 4 heteroatoms. The average molecular weight is 224 g/mol. The summed E-state index contributed by atoms with van der Waals surface area (Å²) in [5, 5.41) is 10.8. The van der Waals surface area contributed by atoms with Gasteiger partial charge in [-0.1, -0.05) is 11.8 Å². The topological polar surface area (TPSA) is 36.7 Å². The fourth-order valence-corrected chi connectivity index (χ4v) is 2.64. The predicted octanol–water partition coefficient (Wildman–Crippen LogP) is 2.98. The van der Waals surface area contributed by atoms with Crippen molar-refractivity contribution in [2.45, 2.75) is 18.9 Å². The summed E-state index contributed by atoms with van der Waals surface area (Å²) in [6.45, 7) is 3.91. The van der Waals surface area contributed by atoms with Gasteiger partial charge < -0.3 is 0 Å². The third-order valence-corrected chi connectivity index (χ3v) is 3.72. The number of nitriles is 1. The van der Waals surface area contributed by atoms with Crippen molar-refractivity contribution in [2.75, 3.05) is 11.3 Å². The molecule has 1 heterocycles. The monoisotopic (exact) mass is 224 g/mol. The van der Waals surface area contributed by atoms with Gasteiger partial charge in [0.05, 0.1) is 5.56 Å². The second kappa shape index (κ2) is 5.28. The molecule has 14 heavy (non-hydrogen) atoms. The highest BCUT2D eigenvalue weighted by molar-refractivity contribution is 8.15. The first kappa shape index (κ1) is 11.4. The van der Waals surface area contributed by atoms with Crippen molar-refractivity contribution in [3.63, 3.8) is 0 Å². The standard InChI is InChI=1S/C10H12N2S2/c1-7-4-8(2)12-10(9(7)5-11)14-6-13-3/h4H,6H2,1-3H3. The average Bonchev–Trinajstić information content (AvgIpc) is 2.14. The van der Waals surface area contributed by atoms with Crippen LogP contribution >= 0.6 is 23.5 Å². The minimum atomic E-state index is 0.717. The van der Waals surface area contributed by atoms with Gasteiger partial charge in [0.2, 0.25) is 0 Å². The van der Waals surface area contributed by atoms with E-state index in [0.29, 0.717) is 0 Å². The summed E-state index contributed by atoms with van der Waals surface area (Å²) in [6, 6.07) is 4.15. The number of nitrogens with zero attached hydrogens (tertiary/aromatic N) is 2. The largest absolute Gasteiger partial charge is 0.245 e. The molecule has 1 aromatic rings. The van der Waals surface area contributed by atoms with Crippen LogP contribution in [0.3, 0.4) is 0 Å². The van der Waals surface area contributed by atoms with Gasteiger partial charge in [-0.3, -0.25) is 0 Å². The van der Waals surface area contributed by atoms with Crippen LogP contribution in [0.25, 0.3) is 0 Å². The van der Waals surface area contributed by atoms with Crippen molar-refractivity contribution in [1.29, 1.82) is 5.26 Å². The summed E-state index contributed by atoms with van der Waals surface area (Å²) in [7, 11) is 0. The van der Waals surface area contributed by atoms with Gasteiger partial charge in [-0.05, 0) is 31.7 Å². The molecule has 0 saturated heterocycles. The molecule has 0 aliphatic heterocycles. The summed E-state index contributed by atoms with van der Waals surface area (Å²) in [5.74, 6) is 0. The molecule has 0 aliphatic rings. The smallest absolute Gasteiger partial charge is 0.115 e. The summed E-state index contributed by atoms with van der Waals surface area (Å²) in [6.07, 6.45) is 2.04. The van der Waals surface area contributed by atoms with Crippen molar-refractivity contribution < 1.29 is 0 Å². The number of pyridine rings is 1. The zero-order chi connectivity index (χ0) is 10.6. The van der Waals surface area contributed by atoms with Gasteiger partial charge in [-0.15, -0.1) is 0 Å². The van der Waals surface area contributed by atoms with Crippen LogP contribution in [0.1, 0.15) is 16.8 Å². The van der Waals surface area contributed by atoms with Crippen LogP contribution in [0.2, 0.25) is 0 Å². The van der Waals surface area contributed by atoms with Crippen molar-refractivity contribution in [1.82, 2.24) is 4.98 Å². The molecule has 0 saturated carbocycles. The number of thioether (sulfide) groups is 2. The fourth-order valence-electron chi connectivity index (χ4n) is 1.16. The number of aromatic nitrogens is 1. The van der Waals surface area contributed by atoms with Gasteiger partial charge in [-0.25, -0.2) is 4.98 Å². The van der Waals surface area contributed by atoms with E-state index in [2.05, 4.69) is 11.1 Å². The molecule has 0 fully saturated rings. The Morgan fingerprint density at radius 2 is 2.21 bits per heavy atom. The maximum atomic E-state index is 8.98. The molecule has 0 spiro atoms. The quantitative estimate of drug-likeness (QED) is 0.584. The molecule has 74 valence electrons. The molecule has 0 aliphatic carbocycles. The normalized spacial score (nSPS) is 9.86. The first-order valence-corrected chi connectivity index (χ1v) is 6.57. The van der Waals surface area contributed by atoms with Crippen LogP contribution in [0, 0.1) is 25.2 Å². The fraction of sp³-hybridized carbons (Fsp3) is 0.400. The highest BCUT2D eigenvalue weighted by atomic mass is 32.2. The van der Waals surface area contributed by atoms with E-state index in [1.807, 2.05) is 26.2 Å². The van der Waals surface area contributed by atoms with Gasteiger partial charge in [0.25, 0.3) is 0 Å². The van der Waals surface area contributed by atoms with Crippen LogP contribution in [0.4, 0.5) is 0 Å². The SMILES string of the molecule is CSCSc1nc(C)cc(C)c1C#N. The van der Waals surface area contributed by atoms with Gasteiger partial charge in [0, 0.05) is 10.8 Å². The lowest BCUT2D eigenvalue weighted by Gasteiger charge is -2.05. The third-order valence-electron chi connectivity index (χ3n) is 1.74. The Hall–Kier alpha value is -0.660. The van der Waals surface area contributed by atoms with Crippen LogP contribution < -0.4 is 0 Å². The minimum Gasteiger partial charge on any atom is -0.245 e. The highest BCUT2D eigenvalue weighted by Gasteiger charge is 2.08. The first-order chi connectivity index (χ1) is 6.69. The van der Waals surface area contributed by atoms with E-state index < -0.39 is 0 Å². The lowest BCUT2D eigenvalue weighted by Crippen LogP contribution is -1.94. The Kier molecular flexibility index (Phi) is 4.30. The molecule has 0 amide bonds. The molecule has 0 bridgehead atoms. The summed E-state index contributed by atoms with van der Waals surface area (Å²) in [5.41, 5.74) is 2.71. The van der Waals surface area contributed by atoms with Crippen LogP contribution in [-0.2, 0) is 0 Å². The molecule has 1 aromatic heterocycles. The summed E-state index contributed by atoms with van der Waals surface area (Å²) >= 11 is 3.37. The molecule has 1 rings (SSSR count). The molecule has 0 unspecified atom stereocenters. The van der Waals surface area contributed by atoms with E-state index in [1.54, 1.807) is 23.5 Å². The first-order valence-electron chi connectivity index (χ1n) is 4.19. The maximum absolute atomic E-state index is 8.98. The van der Waals surface area contributed by atoms with Gasteiger partial charge in [0.15, 0.2) is 0 Å². The zero-order valence-electron chi connectivity index (χ0n) is 8.50. The second-order valence-electron chi connectivity index (χ2n) is 2.92. The van der Waals surface area contributed by atoms with Crippen molar-refractivity contribution in [2.24, 2.45) is 0 Å². The van der Waals surface area contributed by atoms with Crippen molar-refractivity contribution in [3.8, 4) is 6.07 Å². The Balaban J connectivity index is 3.07. The molecular weight excluding hydrogens is 212 g/mol. The number of hydrogen-bond donors (Lipinski definition) is 0. The molecule has 0 N–H and O–H groups in total. The Morgan fingerprint density at radius 1 is 1.50 bits per heavy atom. The lowest BCUT2D eigenvalue weighted by atomic mass is 10.1. The van der Waals surface area contributed by atoms with Gasteiger partial charge in [0.1, 0.15) is 11.1 Å². The van der Waals surface area contributed by atoms with E-state index in [1.165, 1.54) is 0 Å². The Labute approximate surface area is 93.1 Å². The second-order valence-corrected chi connectivity index (χ2v) is 5.12. The summed E-state index contributed by atoms with van der Waals surface area (Å²) < 4.78 is 0. The van der Waals surface area contributed by atoms with Crippen LogP contribution in [0.15, 0.2) is 11.1 Å². The minimum absolute atomic E-state index is 0.717. The Morgan fingerprint density at radius 3 is 2.79 bits per heavy atom. The van der Waals surface area contributed by atoms with E-state index in [0.717, 1.165) is 26.9 Å². The molecule has 0 aromatic carbocycles. The van der Waals surface area contributed by atoms with E-state index >= 15 is 0 Å². The van der Waals surface area contributed by atoms with Crippen LogP contribution in [-0.4, -0.2) is 16.3 Å². The van der Waals surface area contributed by atoms with Gasteiger partial charge >= 0.3 is 0 Å². The van der Waals surface area contributed by atoms with Crippen molar-refractivity contribution in [3.05, 3.63) is 22.9 Å². The van der Waals surface area contributed by atoms with Crippen LogP contribution in [0.5, 0.6) is 0 Å². The summed E-state index contributed by atoms with van der Waals surface area (Å²) in [4.78, 5) is 4.37. The predicted molar refractivity (Wildman–Crippen MR) is 62.7 cm³/mol. The number of aryl methyl sites for hydroxylation is 2. The number of hydrogen-bond acceptors (Lipinski definition) is 4. The van der Waals surface area contributed by atoms with E-state index in [9.17, 15) is 0 Å². The lowest BCUT2D eigenvalue weighted by molar-refractivity contribution is 1.03. The Bertz CT molecular complexity index is 369. The van der Waals surface area contributed by atoms with E-state index in [4.69, 9.17) is 5.26 Å². The molecule has 0 atom stereocenters. The van der Waals surface area contributed by atoms with E-state index in [-0.39, 0.29) is 0 Å². The third kappa shape index (κ3) is 2.66. The number of rotatable bonds is 3. The maximum Gasteiger partial charge on any atom is 0.115 e. The highest BCUT2D eigenvalue weighted by Crippen LogP contribution is 2.25. The molecule has 2 nitrogen and oxygen atoms in total. The zero-order valence-corrected chi connectivity index (χ0v) is 10.1. The molecule has 0 radical (unpaired) electrons. The van der Waals surface area contributed by atoms with Gasteiger partial charge in [-0.2, -0.15) is 17.0 Å².